The highest BCUT2D eigenvalue weighted by atomic mass is 16.5. The highest BCUT2D eigenvalue weighted by molar-refractivity contribution is 6.00. The number of nitrogens with one attached hydrogen (secondary N) is 1. The number of para-hydroxylation sites is 1. The second-order valence-corrected chi connectivity index (χ2v) is 6.57. The zero-order valence-corrected chi connectivity index (χ0v) is 17.2. The second kappa shape index (κ2) is 9.25. The molecule has 1 aromatic heterocycles. The van der Waals surface area contributed by atoms with E-state index in [2.05, 4.69) is 5.32 Å². The first kappa shape index (κ1) is 20.4. The largest absolute Gasteiger partial charge is 0.497 e. The lowest BCUT2D eigenvalue weighted by Gasteiger charge is -2.17. The summed E-state index contributed by atoms with van der Waals surface area (Å²) in [7, 11) is 6.84. The summed E-state index contributed by atoms with van der Waals surface area (Å²) in [6.45, 7) is 1.29. The first-order chi connectivity index (χ1) is 14.1. The van der Waals surface area contributed by atoms with Crippen molar-refractivity contribution < 1.29 is 14.3 Å². The Hall–Kier alpha value is -3.32. The summed E-state index contributed by atoms with van der Waals surface area (Å²) in [5.41, 5.74) is 2.62. The van der Waals surface area contributed by atoms with Crippen LogP contribution in [-0.2, 0) is 0 Å². The molecule has 152 valence electrons. The quantitative estimate of drug-likeness (QED) is 0.636. The lowest BCUT2D eigenvalue weighted by molar-refractivity contribution is 0.0797. The number of hydrogen-bond acceptors (Lipinski definition) is 5. The summed E-state index contributed by atoms with van der Waals surface area (Å²) in [5.74, 6) is 1.18. The molecule has 3 aromatic rings. The first-order valence-electron chi connectivity index (χ1n) is 9.36. The van der Waals surface area contributed by atoms with Crippen LogP contribution in [0.5, 0.6) is 11.5 Å². The second-order valence-electron chi connectivity index (χ2n) is 6.57. The summed E-state index contributed by atoms with van der Waals surface area (Å²) in [5, 5.41) is 7.80. The third-order valence-electron chi connectivity index (χ3n) is 4.67. The van der Waals surface area contributed by atoms with E-state index in [4.69, 9.17) is 14.6 Å². The first-order valence-corrected chi connectivity index (χ1v) is 9.36. The average molecular weight is 394 g/mol. The van der Waals surface area contributed by atoms with Gasteiger partial charge in [0.05, 0.1) is 25.5 Å². The normalized spacial score (nSPS) is 10.6. The molecule has 1 amide bonds. The van der Waals surface area contributed by atoms with E-state index < -0.39 is 0 Å². The molecular formula is C22H26N4O3. The molecule has 1 heterocycles. The van der Waals surface area contributed by atoms with Gasteiger partial charge in [-0.05, 0) is 37.4 Å². The molecule has 2 aromatic carbocycles. The van der Waals surface area contributed by atoms with E-state index in [1.165, 1.54) is 0 Å². The Bertz CT molecular complexity index is 969. The van der Waals surface area contributed by atoms with Crippen LogP contribution < -0.4 is 14.8 Å². The zero-order chi connectivity index (χ0) is 20.8. The smallest absolute Gasteiger partial charge is 0.257 e. The predicted octanol–water partition coefficient (Wildman–Crippen LogP) is 2.85. The van der Waals surface area contributed by atoms with Gasteiger partial charge in [0, 0.05) is 31.9 Å². The van der Waals surface area contributed by atoms with Crippen molar-refractivity contribution in [1.82, 2.24) is 20.0 Å². The maximum absolute atomic E-state index is 13.2. The fourth-order valence-electron chi connectivity index (χ4n) is 3.03. The fourth-order valence-corrected chi connectivity index (χ4v) is 3.03. The lowest BCUT2D eigenvalue weighted by Crippen LogP contribution is -2.32. The van der Waals surface area contributed by atoms with Gasteiger partial charge in [0.15, 0.2) is 0 Å². The number of carbonyl (C=O) groups is 1. The van der Waals surface area contributed by atoms with E-state index in [-0.39, 0.29) is 5.91 Å². The average Bonchev–Trinajstić information content (AvgIpc) is 3.22. The van der Waals surface area contributed by atoms with Crippen molar-refractivity contribution in [2.75, 3.05) is 41.4 Å². The molecule has 3 rings (SSSR count). The highest BCUT2D eigenvalue weighted by Crippen LogP contribution is 2.35. The molecule has 0 saturated carbocycles. The van der Waals surface area contributed by atoms with Crippen molar-refractivity contribution in [3.8, 4) is 28.4 Å². The van der Waals surface area contributed by atoms with Crippen LogP contribution in [0, 0.1) is 0 Å². The molecule has 29 heavy (non-hydrogen) atoms. The third kappa shape index (κ3) is 4.41. The van der Waals surface area contributed by atoms with Crippen LogP contribution in [0.1, 0.15) is 10.4 Å². The van der Waals surface area contributed by atoms with Crippen LogP contribution >= 0.6 is 0 Å². The monoisotopic (exact) mass is 394 g/mol. The van der Waals surface area contributed by atoms with E-state index >= 15 is 0 Å². The van der Waals surface area contributed by atoms with E-state index in [0.29, 0.717) is 41.4 Å². The molecule has 0 unspecified atom stereocenters. The van der Waals surface area contributed by atoms with E-state index in [1.807, 2.05) is 55.6 Å². The van der Waals surface area contributed by atoms with E-state index in [1.54, 1.807) is 37.0 Å². The number of benzene rings is 2. The minimum atomic E-state index is -0.109. The van der Waals surface area contributed by atoms with Gasteiger partial charge in [-0.15, -0.1) is 0 Å². The Labute approximate surface area is 170 Å². The Morgan fingerprint density at radius 1 is 1.14 bits per heavy atom. The zero-order valence-electron chi connectivity index (χ0n) is 17.2. The molecule has 0 radical (unpaired) electrons. The minimum absolute atomic E-state index is 0.109. The van der Waals surface area contributed by atoms with Gasteiger partial charge in [0.25, 0.3) is 5.91 Å². The number of methoxy groups -OCH3 is 2. The summed E-state index contributed by atoms with van der Waals surface area (Å²) < 4.78 is 12.6. The Morgan fingerprint density at radius 2 is 1.90 bits per heavy atom. The van der Waals surface area contributed by atoms with Gasteiger partial charge < -0.3 is 19.7 Å². The number of nitrogens with zero attached hydrogens (tertiary/aromatic N) is 3. The molecule has 0 aliphatic heterocycles. The fraction of sp³-hybridized carbons (Fsp3) is 0.273. The molecular weight excluding hydrogens is 368 g/mol. The van der Waals surface area contributed by atoms with Gasteiger partial charge in [0.1, 0.15) is 17.2 Å². The number of carbonyl (C=O) groups excluding carboxylic acids is 1. The number of hydrogen-bond donors (Lipinski definition) is 1. The van der Waals surface area contributed by atoms with Crippen LogP contribution in [0.2, 0.25) is 0 Å². The molecule has 0 aliphatic carbocycles. The van der Waals surface area contributed by atoms with Gasteiger partial charge >= 0.3 is 0 Å². The van der Waals surface area contributed by atoms with Crippen LogP contribution in [-0.4, -0.2) is 62.0 Å². The van der Waals surface area contributed by atoms with Gasteiger partial charge in [0.2, 0.25) is 0 Å². The SMILES string of the molecule is CNCCN(C)C(=O)c1cn(-c2ccccc2)nc1-c1cc(OC)ccc1OC. The highest BCUT2D eigenvalue weighted by Gasteiger charge is 2.24. The van der Waals surface area contributed by atoms with Gasteiger partial charge in [-0.2, -0.15) is 5.10 Å². The molecule has 0 fully saturated rings. The molecule has 0 spiro atoms. The molecule has 0 bridgehead atoms. The molecule has 0 saturated heterocycles. The summed E-state index contributed by atoms with van der Waals surface area (Å²) in [6, 6.07) is 15.2. The van der Waals surface area contributed by atoms with Crippen molar-refractivity contribution in [3.63, 3.8) is 0 Å². The predicted molar refractivity (Wildman–Crippen MR) is 113 cm³/mol. The molecule has 0 aliphatic rings. The number of aromatic nitrogens is 2. The number of amides is 1. The lowest BCUT2D eigenvalue weighted by atomic mass is 10.1. The van der Waals surface area contributed by atoms with Gasteiger partial charge in [-0.25, -0.2) is 4.68 Å². The number of rotatable bonds is 8. The molecule has 7 heteroatoms. The van der Waals surface area contributed by atoms with Gasteiger partial charge in [-0.1, -0.05) is 18.2 Å². The van der Waals surface area contributed by atoms with E-state index in [0.717, 1.165) is 5.69 Å². The third-order valence-corrected chi connectivity index (χ3v) is 4.67. The van der Waals surface area contributed by atoms with Crippen LogP contribution in [0.4, 0.5) is 0 Å². The standard InChI is InChI=1S/C22H26N4O3/c1-23-12-13-25(2)22(27)19-15-26(16-8-6-5-7-9-16)24-21(19)18-14-17(28-3)10-11-20(18)29-4/h5-11,14-15,23H,12-13H2,1-4H3. The molecule has 7 nitrogen and oxygen atoms in total. The maximum Gasteiger partial charge on any atom is 0.257 e. The van der Waals surface area contributed by atoms with Crippen molar-refractivity contribution in [3.05, 3.63) is 60.3 Å². The van der Waals surface area contributed by atoms with Crippen LogP contribution in [0.15, 0.2) is 54.7 Å². The molecule has 1 N–H and O–H groups in total. The Balaban J connectivity index is 2.14. The number of likely N-dealkylation sites (N-methyl/N-ethyl adjacent to an activating group) is 2. The Kier molecular flexibility index (Phi) is 6.51. The van der Waals surface area contributed by atoms with Crippen molar-refractivity contribution >= 4 is 5.91 Å². The van der Waals surface area contributed by atoms with Crippen molar-refractivity contribution in [1.29, 1.82) is 0 Å². The summed E-state index contributed by atoms with van der Waals surface area (Å²) >= 11 is 0. The van der Waals surface area contributed by atoms with Gasteiger partial charge in [-0.3, -0.25) is 4.79 Å². The van der Waals surface area contributed by atoms with E-state index in [9.17, 15) is 4.79 Å². The summed E-state index contributed by atoms with van der Waals surface area (Å²) in [6.07, 6.45) is 1.77. The summed E-state index contributed by atoms with van der Waals surface area (Å²) in [4.78, 5) is 14.9. The topological polar surface area (TPSA) is 68.6 Å². The molecule has 0 atom stereocenters. The number of ether oxygens (including phenoxy) is 2. The van der Waals surface area contributed by atoms with Crippen molar-refractivity contribution in [2.45, 2.75) is 0 Å². The minimum Gasteiger partial charge on any atom is -0.497 e. The Morgan fingerprint density at radius 3 is 2.55 bits per heavy atom. The maximum atomic E-state index is 13.2. The van der Waals surface area contributed by atoms with Crippen LogP contribution in [0.3, 0.4) is 0 Å². The van der Waals surface area contributed by atoms with Crippen molar-refractivity contribution in [2.24, 2.45) is 0 Å². The van der Waals surface area contributed by atoms with Crippen LogP contribution in [0.25, 0.3) is 16.9 Å².